The lowest BCUT2D eigenvalue weighted by molar-refractivity contribution is -0.384. The van der Waals surface area contributed by atoms with Gasteiger partial charge in [0.2, 0.25) is 0 Å². The molecule has 0 aliphatic heterocycles. The topological polar surface area (TPSA) is 148 Å². The Morgan fingerprint density at radius 1 is 0.677 bits per heavy atom. The molecular formula is C20H13N3O8. The monoisotopic (exact) mass is 423 g/mol. The fraction of sp³-hybridized carbons (Fsp3) is 0.100. The fourth-order valence-corrected chi connectivity index (χ4v) is 3.91. The highest BCUT2D eigenvalue weighted by Gasteiger charge is 2.31. The van der Waals surface area contributed by atoms with Crippen LogP contribution in [0.3, 0.4) is 0 Å². The molecule has 0 bridgehead atoms. The van der Waals surface area contributed by atoms with Gasteiger partial charge >= 0.3 is 0 Å². The average Bonchev–Trinajstić information content (AvgIpc) is 2.75. The Hall–Kier alpha value is -4.54. The molecule has 0 saturated heterocycles. The lowest BCUT2D eigenvalue weighted by Crippen LogP contribution is -2.01. The molecule has 0 N–H and O–H groups in total. The van der Waals surface area contributed by atoms with E-state index in [0.29, 0.717) is 5.39 Å². The van der Waals surface area contributed by atoms with E-state index in [2.05, 4.69) is 0 Å². The Morgan fingerprint density at radius 3 is 1.77 bits per heavy atom. The second kappa shape index (κ2) is 7.06. The number of rotatable bonds is 5. The van der Waals surface area contributed by atoms with E-state index in [9.17, 15) is 30.3 Å². The molecule has 11 heteroatoms. The third-order valence-corrected chi connectivity index (χ3v) is 5.09. The van der Waals surface area contributed by atoms with Crippen LogP contribution in [0.1, 0.15) is 0 Å². The number of methoxy groups -OCH3 is 2. The molecule has 0 aromatic heterocycles. The second-order valence-electron chi connectivity index (χ2n) is 6.59. The van der Waals surface area contributed by atoms with E-state index in [0.717, 1.165) is 12.1 Å². The number of nitro groups is 3. The van der Waals surface area contributed by atoms with E-state index < -0.39 is 26.1 Å². The number of nitro benzene ring substituents is 3. The molecule has 11 nitrogen and oxygen atoms in total. The summed E-state index contributed by atoms with van der Waals surface area (Å²) in [6.45, 7) is 0. The van der Waals surface area contributed by atoms with Gasteiger partial charge in [-0.1, -0.05) is 18.2 Å². The maximum atomic E-state index is 11.9. The van der Waals surface area contributed by atoms with Crippen LogP contribution in [-0.4, -0.2) is 29.0 Å². The van der Waals surface area contributed by atoms with Gasteiger partial charge in [-0.2, -0.15) is 0 Å². The quantitative estimate of drug-likeness (QED) is 0.250. The summed E-state index contributed by atoms with van der Waals surface area (Å²) in [7, 11) is 2.53. The molecule has 0 fully saturated rings. The zero-order valence-corrected chi connectivity index (χ0v) is 16.1. The van der Waals surface area contributed by atoms with E-state index >= 15 is 0 Å². The van der Waals surface area contributed by atoms with E-state index in [1.165, 1.54) is 26.4 Å². The first-order valence-electron chi connectivity index (χ1n) is 8.80. The van der Waals surface area contributed by atoms with Crippen molar-refractivity contribution in [3.05, 3.63) is 72.8 Å². The van der Waals surface area contributed by atoms with Crippen LogP contribution >= 0.6 is 0 Å². The summed E-state index contributed by atoms with van der Waals surface area (Å²) in [6, 6.07) is 9.80. The van der Waals surface area contributed by atoms with Gasteiger partial charge in [0.05, 0.1) is 45.8 Å². The molecule has 0 spiro atoms. The van der Waals surface area contributed by atoms with Crippen LogP contribution in [-0.2, 0) is 0 Å². The third kappa shape index (κ3) is 2.82. The number of benzene rings is 4. The van der Waals surface area contributed by atoms with Gasteiger partial charge in [0, 0.05) is 17.5 Å². The standard InChI is InChI=1S/C20H13N3O8/c1-30-16-9-15(23(28)29)18-17-10(8-14(22(26)27)19(18)20(16)31-2)7-13(21(24)25)11-5-3-4-6-12(11)17/h3-9H,1-2H3. The lowest BCUT2D eigenvalue weighted by Gasteiger charge is -2.14. The molecule has 156 valence electrons. The summed E-state index contributed by atoms with van der Waals surface area (Å²) in [6.07, 6.45) is 0. The average molecular weight is 423 g/mol. The van der Waals surface area contributed by atoms with Crippen LogP contribution in [0.4, 0.5) is 17.1 Å². The first kappa shape index (κ1) is 19.8. The van der Waals surface area contributed by atoms with Crippen molar-refractivity contribution in [3.63, 3.8) is 0 Å². The Kier molecular flexibility index (Phi) is 4.50. The summed E-state index contributed by atoms with van der Waals surface area (Å²) in [5.41, 5.74) is -1.20. The smallest absolute Gasteiger partial charge is 0.282 e. The van der Waals surface area contributed by atoms with Crippen molar-refractivity contribution in [1.82, 2.24) is 0 Å². The van der Waals surface area contributed by atoms with Crippen LogP contribution in [0.2, 0.25) is 0 Å². The molecule has 0 aliphatic carbocycles. The van der Waals surface area contributed by atoms with Gasteiger partial charge in [-0.3, -0.25) is 30.3 Å². The van der Waals surface area contributed by atoms with Gasteiger partial charge in [-0.15, -0.1) is 0 Å². The molecule has 4 rings (SSSR count). The molecule has 0 atom stereocenters. The van der Waals surface area contributed by atoms with Crippen molar-refractivity contribution in [1.29, 1.82) is 0 Å². The van der Waals surface area contributed by atoms with Crippen molar-refractivity contribution >= 4 is 49.4 Å². The van der Waals surface area contributed by atoms with Gasteiger partial charge in [0.15, 0.2) is 11.5 Å². The number of non-ortho nitro benzene ring substituents is 3. The van der Waals surface area contributed by atoms with Gasteiger partial charge in [0.25, 0.3) is 17.1 Å². The third-order valence-electron chi connectivity index (χ3n) is 5.09. The lowest BCUT2D eigenvalue weighted by atomic mass is 9.92. The van der Waals surface area contributed by atoms with Crippen LogP contribution in [0.25, 0.3) is 32.3 Å². The van der Waals surface area contributed by atoms with E-state index in [-0.39, 0.29) is 44.1 Å². The van der Waals surface area contributed by atoms with Gasteiger partial charge < -0.3 is 9.47 Å². The van der Waals surface area contributed by atoms with Crippen molar-refractivity contribution in [2.45, 2.75) is 0 Å². The maximum Gasteiger partial charge on any atom is 0.282 e. The van der Waals surface area contributed by atoms with Crippen molar-refractivity contribution in [3.8, 4) is 11.5 Å². The molecule has 4 aromatic carbocycles. The Morgan fingerprint density at radius 2 is 1.23 bits per heavy atom. The van der Waals surface area contributed by atoms with Gasteiger partial charge in [-0.25, -0.2) is 0 Å². The minimum Gasteiger partial charge on any atom is -0.493 e. The predicted molar refractivity (Wildman–Crippen MR) is 112 cm³/mol. The molecular weight excluding hydrogens is 410 g/mol. The van der Waals surface area contributed by atoms with Crippen LogP contribution in [0, 0.1) is 30.3 Å². The molecule has 4 aromatic rings. The Labute approximate surface area is 172 Å². The number of nitrogens with zero attached hydrogens (tertiary/aromatic N) is 3. The molecule has 31 heavy (non-hydrogen) atoms. The zero-order valence-electron chi connectivity index (χ0n) is 16.1. The molecule has 0 saturated carbocycles. The molecule has 0 unspecified atom stereocenters. The number of hydrogen-bond acceptors (Lipinski definition) is 8. The summed E-state index contributed by atoms with van der Waals surface area (Å²) in [4.78, 5) is 33.5. The Bertz CT molecular complexity index is 1450. The first-order valence-corrected chi connectivity index (χ1v) is 8.80. The fourth-order valence-electron chi connectivity index (χ4n) is 3.91. The van der Waals surface area contributed by atoms with Gasteiger partial charge in [0.1, 0.15) is 5.39 Å². The molecule has 0 aliphatic rings. The normalized spacial score (nSPS) is 11.0. The maximum absolute atomic E-state index is 11.9. The van der Waals surface area contributed by atoms with E-state index in [1.54, 1.807) is 18.2 Å². The zero-order chi connectivity index (χ0) is 22.4. The largest absolute Gasteiger partial charge is 0.493 e. The number of ether oxygens (including phenoxy) is 2. The summed E-state index contributed by atoms with van der Waals surface area (Å²) in [5.74, 6) is -0.0884. The van der Waals surface area contributed by atoms with Crippen LogP contribution in [0.15, 0.2) is 42.5 Å². The van der Waals surface area contributed by atoms with Crippen LogP contribution in [0.5, 0.6) is 11.5 Å². The minimum absolute atomic E-state index is 0.0425. The van der Waals surface area contributed by atoms with Crippen LogP contribution < -0.4 is 9.47 Å². The van der Waals surface area contributed by atoms with Gasteiger partial charge in [-0.05, 0) is 16.8 Å². The number of hydrogen-bond donors (Lipinski definition) is 0. The molecule has 0 heterocycles. The van der Waals surface area contributed by atoms with Crippen molar-refractivity contribution < 1.29 is 24.2 Å². The Balaban J connectivity index is 2.45. The first-order chi connectivity index (χ1) is 14.8. The number of fused-ring (bicyclic) bond motifs is 5. The highest BCUT2D eigenvalue weighted by atomic mass is 16.6. The molecule has 0 amide bonds. The summed E-state index contributed by atoms with van der Waals surface area (Å²) < 4.78 is 10.5. The highest BCUT2D eigenvalue weighted by Crippen LogP contribution is 2.50. The summed E-state index contributed by atoms with van der Waals surface area (Å²) in [5, 5.41) is 36.3. The minimum atomic E-state index is -0.714. The predicted octanol–water partition coefficient (Wildman–Crippen LogP) is 4.89. The summed E-state index contributed by atoms with van der Waals surface area (Å²) >= 11 is 0. The van der Waals surface area contributed by atoms with E-state index in [4.69, 9.17) is 9.47 Å². The SMILES string of the molecule is COc1cc([N+](=O)[O-])c2c(c([N+](=O)[O-])cc3cc([N+](=O)[O-])c4ccccc4c32)c1OC. The highest BCUT2D eigenvalue weighted by molar-refractivity contribution is 6.27. The van der Waals surface area contributed by atoms with Crippen molar-refractivity contribution in [2.75, 3.05) is 14.2 Å². The molecule has 0 radical (unpaired) electrons. The van der Waals surface area contributed by atoms with Crippen molar-refractivity contribution in [2.24, 2.45) is 0 Å². The van der Waals surface area contributed by atoms with E-state index in [1.807, 2.05) is 0 Å². The second-order valence-corrected chi connectivity index (χ2v) is 6.59.